The number of fused-ring (bicyclic) bond motifs is 1. The Balaban J connectivity index is 1.55. The van der Waals surface area contributed by atoms with Crippen LogP contribution in [0.15, 0.2) is 42.5 Å². The summed E-state index contributed by atoms with van der Waals surface area (Å²) < 4.78 is 16.0. The van der Waals surface area contributed by atoms with E-state index in [4.69, 9.17) is 14.2 Å². The first-order valence-corrected chi connectivity index (χ1v) is 9.22. The van der Waals surface area contributed by atoms with Crippen LogP contribution in [0.5, 0.6) is 11.5 Å². The number of benzene rings is 2. The molecule has 3 rings (SSSR count). The lowest BCUT2D eigenvalue weighted by molar-refractivity contribution is -0.384. The number of rotatable bonds is 6. The van der Waals surface area contributed by atoms with Gasteiger partial charge in [0.05, 0.1) is 18.1 Å². The van der Waals surface area contributed by atoms with E-state index >= 15 is 0 Å². The minimum atomic E-state index is -0.725. The van der Waals surface area contributed by atoms with Gasteiger partial charge in [-0.2, -0.15) is 0 Å². The van der Waals surface area contributed by atoms with Crippen LogP contribution in [0.25, 0.3) is 6.08 Å². The van der Waals surface area contributed by atoms with Crippen molar-refractivity contribution in [3.8, 4) is 11.5 Å². The molecule has 0 spiro atoms. The lowest BCUT2D eigenvalue weighted by Gasteiger charge is -2.09. The van der Waals surface area contributed by atoms with Gasteiger partial charge in [-0.25, -0.2) is 4.79 Å². The Labute approximate surface area is 172 Å². The van der Waals surface area contributed by atoms with Crippen molar-refractivity contribution in [3.63, 3.8) is 0 Å². The molecule has 0 saturated heterocycles. The lowest BCUT2D eigenvalue weighted by Crippen LogP contribution is -2.21. The van der Waals surface area contributed by atoms with Crippen LogP contribution in [-0.4, -0.2) is 36.6 Å². The second-order valence-corrected chi connectivity index (χ2v) is 6.47. The molecule has 0 bridgehead atoms. The summed E-state index contributed by atoms with van der Waals surface area (Å²) in [7, 11) is 0. The zero-order valence-corrected chi connectivity index (χ0v) is 16.3. The molecular formula is C21H20N2O7. The fourth-order valence-electron chi connectivity index (χ4n) is 2.78. The van der Waals surface area contributed by atoms with Crippen LogP contribution >= 0.6 is 0 Å². The second-order valence-electron chi connectivity index (χ2n) is 6.47. The van der Waals surface area contributed by atoms with Crippen LogP contribution in [0.1, 0.15) is 17.5 Å². The molecule has 0 radical (unpaired) electrons. The molecular weight excluding hydrogens is 392 g/mol. The minimum absolute atomic E-state index is 0.0753. The summed E-state index contributed by atoms with van der Waals surface area (Å²) in [5.74, 6) is -0.155. The van der Waals surface area contributed by atoms with Crippen molar-refractivity contribution in [2.75, 3.05) is 25.1 Å². The first-order chi connectivity index (χ1) is 14.4. The number of amides is 1. The number of carbonyl (C=O) groups is 2. The predicted molar refractivity (Wildman–Crippen MR) is 109 cm³/mol. The number of hydrogen-bond donors (Lipinski definition) is 1. The summed E-state index contributed by atoms with van der Waals surface area (Å²) >= 11 is 0. The third-order valence-corrected chi connectivity index (χ3v) is 4.24. The standard InChI is InChI=1S/C21H20N2O7/c1-14-4-2-5-16(23(26)27)21(14)22-19(24)13-30-20(25)9-7-15-6-8-17-18(12-15)29-11-3-10-28-17/h2,4-9,12H,3,10-11,13H2,1H3,(H,22,24)/b9-7+. The molecule has 1 heterocycles. The van der Waals surface area contributed by atoms with Crippen molar-refractivity contribution >= 4 is 29.3 Å². The van der Waals surface area contributed by atoms with Gasteiger partial charge in [-0.3, -0.25) is 14.9 Å². The largest absolute Gasteiger partial charge is 0.490 e. The molecule has 1 aliphatic rings. The highest BCUT2D eigenvalue weighted by Gasteiger charge is 2.18. The van der Waals surface area contributed by atoms with E-state index in [-0.39, 0.29) is 11.4 Å². The van der Waals surface area contributed by atoms with E-state index in [1.54, 1.807) is 31.2 Å². The Kier molecular flexibility index (Phi) is 6.63. The smallest absolute Gasteiger partial charge is 0.331 e. The van der Waals surface area contributed by atoms with Gasteiger partial charge < -0.3 is 19.5 Å². The maximum atomic E-state index is 12.0. The topological polar surface area (TPSA) is 117 Å². The zero-order chi connectivity index (χ0) is 21.5. The van der Waals surface area contributed by atoms with E-state index in [0.717, 1.165) is 6.42 Å². The number of anilines is 1. The number of carbonyl (C=O) groups excluding carboxylic acids is 2. The summed E-state index contributed by atoms with van der Waals surface area (Å²) in [5.41, 5.74) is 1.07. The van der Waals surface area contributed by atoms with Crippen molar-refractivity contribution in [2.45, 2.75) is 13.3 Å². The molecule has 9 heteroatoms. The summed E-state index contributed by atoms with van der Waals surface area (Å²) in [5, 5.41) is 13.5. The van der Waals surface area contributed by atoms with Gasteiger partial charge in [-0.1, -0.05) is 18.2 Å². The second kappa shape index (κ2) is 9.55. The zero-order valence-electron chi connectivity index (χ0n) is 16.3. The lowest BCUT2D eigenvalue weighted by atomic mass is 10.1. The highest BCUT2D eigenvalue weighted by molar-refractivity contribution is 5.96. The number of nitrogens with one attached hydrogen (secondary N) is 1. The predicted octanol–water partition coefficient (Wildman–Crippen LogP) is 3.26. The van der Waals surface area contributed by atoms with Crippen molar-refractivity contribution < 1.29 is 28.7 Å². The van der Waals surface area contributed by atoms with Gasteiger partial charge in [0.15, 0.2) is 18.1 Å². The molecule has 0 aromatic heterocycles. The van der Waals surface area contributed by atoms with E-state index in [2.05, 4.69) is 5.32 Å². The summed E-state index contributed by atoms with van der Waals surface area (Å²) in [6.07, 6.45) is 3.50. The number of nitrogens with zero attached hydrogens (tertiary/aromatic N) is 1. The maximum absolute atomic E-state index is 12.0. The third kappa shape index (κ3) is 5.34. The van der Waals surface area contributed by atoms with Crippen LogP contribution in [0.4, 0.5) is 11.4 Å². The molecule has 0 unspecified atom stereocenters. The molecule has 1 amide bonds. The number of nitro benzene ring substituents is 1. The first-order valence-electron chi connectivity index (χ1n) is 9.22. The maximum Gasteiger partial charge on any atom is 0.331 e. The summed E-state index contributed by atoms with van der Waals surface area (Å²) in [4.78, 5) is 34.5. The number of para-hydroxylation sites is 1. The average Bonchev–Trinajstić information content (AvgIpc) is 2.97. The fraction of sp³-hybridized carbons (Fsp3) is 0.238. The molecule has 0 aliphatic carbocycles. The van der Waals surface area contributed by atoms with Gasteiger partial charge >= 0.3 is 5.97 Å². The normalized spacial score (nSPS) is 12.8. The third-order valence-electron chi connectivity index (χ3n) is 4.24. The number of hydrogen-bond acceptors (Lipinski definition) is 7. The van der Waals surface area contributed by atoms with Crippen molar-refractivity contribution in [1.82, 2.24) is 0 Å². The number of esters is 1. The molecule has 0 fully saturated rings. The summed E-state index contributed by atoms with van der Waals surface area (Å²) in [6.45, 7) is 2.20. The molecule has 1 aliphatic heterocycles. The van der Waals surface area contributed by atoms with Gasteiger partial charge in [-0.15, -0.1) is 0 Å². The molecule has 9 nitrogen and oxygen atoms in total. The van der Waals surface area contributed by atoms with Gasteiger partial charge in [-0.05, 0) is 36.3 Å². The fourth-order valence-corrected chi connectivity index (χ4v) is 2.78. The molecule has 2 aromatic rings. The van der Waals surface area contributed by atoms with Crippen LogP contribution in [0.3, 0.4) is 0 Å². The molecule has 0 atom stereocenters. The van der Waals surface area contributed by atoms with E-state index in [0.29, 0.717) is 35.8 Å². The van der Waals surface area contributed by atoms with Crippen LogP contribution in [0.2, 0.25) is 0 Å². The minimum Gasteiger partial charge on any atom is -0.490 e. The van der Waals surface area contributed by atoms with E-state index in [1.165, 1.54) is 24.3 Å². The van der Waals surface area contributed by atoms with E-state index in [9.17, 15) is 19.7 Å². The van der Waals surface area contributed by atoms with E-state index in [1.807, 2.05) is 0 Å². The van der Waals surface area contributed by atoms with Crippen LogP contribution < -0.4 is 14.8 Å². The number of nitro groups is 1. The molecule has 30 heavy (non-hydrogen) atoms. The Morgan fingerprint density at radius 3 is 2.73 bits per heavy atom. The van der Waals surface area contributed by atoms with E-state index < -0.39 is 23.4 Å². The van der Waals surface area contributed by atoms with Gasteiger partial charge in [0, 0.05) is 18.6 Å². The van der Waals surface area contributed by atoms with Gasteiger partial charge in [0.25, 0.3) is 11.6 Å². The Morgan fingerprint density at radius 1 is 1.20 bits per heavy atom. The summed E-state index contributed by atoms with van der Waals surface area (Å²) in [6, 6.07) is 9.71. The molecule has 1 N–H and O–H groups in total. The highest BCUT2D eigenvalue weighted by Crippen LogP contribution is 2.31. The number of ether oxygens (including phenoxy) is 3. The molecule has 0 saturated carbocycles. The Hall–Kier alpha value is -3.88. The van der Waals surface area contributed by atoms with Crippen LogP contribution in [0, 0.1) is 17.0 Å². The highest BCUT2D eigenvalue weighted by atomic mass is 16.6. The van der Waals surface area contributed by atoms with Crippen molar-refractivity contribution in [3.05, 3.63) is 63.7 Å². The first kappa shape index (κ1) is 20.8. The van der Waals surface area contributed by atoms with Crippen molar-refractivity contribution in [2.24, 2.45) is 0 Å². The van der Waals surface area contributed by atoms with Crippen molar-refractivity contribution in [1.29, 1.82) is 0 Å². The molecule has 156 valence electrons. The molecule has 2 aromatic carbocycles. The van der Waals surface area contributed by atoms with Gasteiger partial charge in [0.1, 0.15) is 5.69 Å². The number of aryl methyl sites for hydroxylation is 1. The quantitative estimate of drug-likeness (QED) is 0.335. The monoisotopic (exact) mass is 412 g/mol. The van der Waals surface area contributed by atoms with Crippen LogP contribution in [-0.2, 0) is 14.3 Å². The Morgan fingerprint density at radius 2 is 1.97 bits per heavy atom. The van der Waals surface area contributed by atoms with Gasteiger partial charge in [0.2, 0.25) is 0 Å². The Bertz CT molecular complexity index is 1000. The average molecular weight is 412 g/mol. The SMILES string of the molecule is Cc1cccc([N+](=O)[O-])c1NC(=O)COC(=O)/C=C/c1ccc2c(c1)OCCCO2.